The summed E-state index contributed by atoms with van der Waals surface area (Å²) in [7, 11) is 1.94. The summed E-state index contributed by atoms with van der Waals surface area (Å²) < 4.78 is 40.3. The quantitative estimate of drug-likeness (QED) is 0.424. The van der Waals surface area contributed by atoms with Crippen LogP contribution in [0.25, 0.3) is 0 Å². The number of nitro groups is 1. The number of hydrogen-bond donors (Lipinski definition) is 2. The van der Waals surface area contributed by atoms with E-state index in [4.69, 9.17) is 5.73 Å². The van der Waals surface area contributed by atoms with E-state index < -0.39 is 22.6 Å². The molecule has 0 bridgehead atoms. The number of nitrogens with one attached hydrogen (secondary N) is 1. The van der Waals surface area contributed by atoms with Crippen molar-refractivity contribution in [3.8, 4) is 0 Å². The van der Waals surface area contributed by atoms with Crippen LogP contribution in [0, 0.1) is 10.1 Å². The fraction of sp³-hybridized carbons (Fsp3) is 0.350. The van der Waals surface area contributed by atoms with E-state index in [1.54, 1.807) is 0 Å². The summed E-state index contributed by atoms with van der Waals surface area (Å²) in [6, 6.07) is 7.11. The molecule has 3 N–H and O–H groups in total. The largest absolute Gasteiger partial charge is 0.416 e. The number of piperazine rings is 1. The molecule has 3 rings (SSSR count). The Kier molecular flexibility index (Phi) is 6.34. The molecule has 0 spiro atoms. The second-order valence-corrected chi connectivity index (χ2v) is 7.38. The zero-order chi connectivity index (χ0) is 22.8. The lowest BCUT2D eigenvalue weighted by Gasteiger charge is -2.34. The normalized spacial score (nSPS) is 15.0. The van der Waals surface area contributed by atoms with Crippen LogP contribution in [0.4, 0.5) is 30.2 Å². The molecule has 1 aliphatic rings. The average molecular weight is 437 g/mol. The van der Waals surface area contributed by atoms with E-state index in [2.05, 4.69) is 10.2 Å². The number of non-ortho nitro benzene ring substituents is 1. The Bertz CT molecular complexity index is 989. The Morgan fingerprint density at radius 2 is 1.84 bits per heavy atom. The highest BCUT2D eigenvalue weighted by molar-refractivity contribution is 5.95. The zero-order valence-electron chi connectivity index (χ0n) is 16.8. The minimum Gasteiger partial charge on any atom is -0.398 e. The van der Waals surface area contributed by atoms with Crippen molar-refractivity contribution in [3.05, 3.63) is 63.2 Å². The standard InChI is InChI=1S/C20H22F3N5O3/c1-26-4-6-27(7-5-26)17-9-14(8-15(10-17)20(21,22)23)19(29)25-12-13-2-3-16(28(30)31)11-18(13)24/h2-3,8-11H,4-7,12,24H2,1H3,(H,25,29). The average Bonchev–Trinajstić information content (AvgIpc) is 2.72. The van der Waals surface area contributed by atoms with Crippen LogP contribution >= 0.6 is 0 Å². The lowest BCUT2D eigenvalue weighted by atomic mass is 10.1. The molecule has 2 aromatic carbocycles. The van der Waals surface area contributed by atoms with Crippen molar-refractivity contribution in [2.45, 2.75) is 12.7 Å². The van der Waals surface area contributed by atoms with Gasteiger partial charge < -0.3 is 20.9 Å². The predicted molar refractivity (Wildman–Crippen MR) is 110 cm³/mol. The third-order valence-corrected chi connectivity index (χ3v) is 5.16. The molecule has 8 nitrogen and oxygen atoms in total. The van der Waals surface area contributed by atoms with Gasteiger partial charge in [0.2, 0.25) is 0 Å². The molecule has 31 heavy (non-hydrogen) atoms. The molecule has 0 unspecified atom stereocenters. The lowest BCUT2D eigenvalue weighted by Crippen LogP contribution is -2.44. The Labute approximate surface area is 176 Å². The molecular weight excluding hydrogens is 415 g/mol. The summed E-state index contributed by atoms with van der Waals surface area (Å²) in [5.74, 6) is -0.695. The first-order valence-electron chi connectivity index (χ1n) is 9.51. The summed E-state index contributed by atoms with van der Waals surface area (Å²) in [6.45, 7) is 2.44. The summed E-state index contributed by atoms with van der Waals surface area (Å²) in [5, 5.41) is 13.3. The van der Waals surface area contributed by atoms with Gasteiger partial charge in [-0.25, -0.2) is 0 Å². The van der Waals surface area contributed by atoms with Crippen LogP contribution in [0.5, 0.6) is 0 Å². The molecule has 0 aromatic heterocycles. The van der Waals surface area contributed by atoms with Gasteiger partial charge in [-0.2, -0.15) is 13.2 Å². The van der Waals surface area contributed by atoms with Gasteiger partial charge in [0.15, 0.2) is 0 Å². The number of nitrogen functional groups attached to an aromatic ring is 1. The summed E-state index contributed by atoms with van der Waals surface area (Å²) >= 11 is 0. The molecule has 11 heteroatoms. The zero-order valence-corrected chi connectivity index (χ0v) is 16.8. The van der Waals surface area contributed by atoms with Crippen LogP contribution in [-0.4, -0.2) is 49.0 Å². The predicted octanol–water partition coefficient (Wildman–Crippen LogP) is 2.88. The van der Waals surface area contributed by atoms with Gasteiger partial charge in [0.1, 0.15) is 0 Å². The molecule has 2 aromatic rings. The van der Waals surface area contributed by atoms with Crippen LogP contribution < -0.4 is 16.0 Å². The van der Waals surface area contributed by atoms with Crippen molar-refractivity contribution in [2.75, 3.05) is 43.9 Å². The van der Waals surface area contributed by atoms with Gasteiger partial charge in [-0.05, 0) is 36.9 Å². The summed E-state index contributed by atoms with van der Waals surface area (Å²) in [6.07, 6.45) is -4.60. The number of carbonyl (C=O) groups excluding carboxylic acids is 1. The molecule has 0 radical (unpaired) electrons. The van der Waals surface area contributed by atoms with E-state index in [1.807, 2.05) is 11.9 Å². The Hall–Kier alpha value is -3.34. The van der Waals surface area contributed by atoms with Gasteiger partial charge in [-0.15, -0.1) is 0 Å². The van der Waals surface area contributed by atoms with Crippen molar-refractivity contribution in [3.63, 3.8) is 0 Å². The third-order valence-electron chi connectivity index (χ3n) is 5.16. The Morgan fingerprint density at radius 1 is 1.16 bits per heavy atom. The summed E-state index contributed by atoms with van der Waals surface area (Å²) in [4.78, 5) is 26.7. The van der Waals surface area contributed by atoms with Crippen molar-refractivity contribution in [1.29, 1.82) is 0 Å². The number of benzene rings is 2. The lowest BCUT2D eigenvalue weighted by molar-refractivity contribution is -0.384. The molecule has 1 fully saturated rings. The van der Waals surface area contributed by atoms with Gasteiger partial charge in [0, 0.05) is 61.8 Å². The number of nitrogens with two attached hydrogens (primary N) is 1. The fourth-order valence-corrected chi connectivity index (χ4v) is 3.29. The number of anilines is 2. The van der Waals surface area contributed by atoms with Gasteiger partial charge in [0.25, 0.3) is 11.6 Å². The molecule has 1 aliphatic heterocycles. The topological polar surface area (TPSA) is 105 Å². The third kappa shape index (κ3) is 5.43. The second kappa shape index (κ2) is 8.80. The number of nitro benzene ring substituents is 1. The number of likely N-dealkylation sites (N-methyl/N-ethyl adjacent to an activating group) is 1. The molecule has 0 aliphatic carbocycles. The van der Waals surface area contributed by atoms with E-state index in [9.17, 15) is 28.1 Å². The minimum absolute atomic E-state index is 0.0806. The first-order chi connectivity index (χ1) is 14.5. The maximum absolute atomic E-state index is 13.4. The highest BCUT2D eigenvalue weighted by atomic mass is 19.4. The number of carbonyl (C=O) groups is 1. The molecular formula is C20H22F3N5O3. The highest BCUT2D eigenvalue weighted by Crippen LogP contribution is 2.33. The molecule has 1 saturated heterocycles. The highest BCUT2D eigenvalue weighted by Gasteiger charge is 2.32. The molecule has 1 heterocycles. The second-order valence-electron chi connectivity index (χ2n) is 7.38. The van der Waals surface area contributed by atoms with E-state index in [-0.39, 0.29) is 23.5 Å². The van der Waals surface area contributed by atoms with E-state index in [0.717, 1.165) is 18.2 Å². The van der Waals surface area contributed by atoms with Gasteiger partial charge >= 0.3 is 6.18 Å². The Balaban J connectivity index is 1.81. The van der Waals surface area contributed by atoms with Crippen molar-refractivity contribution in [2.24, 2.45) is 0 Å². The van der Waals surface area contributed by atoms with E-state index >= 15 is 0 Å². The molecule has 0 atom stereocenters. The van der Waals surface area contributed by atoms with Crippen molar-refractivity contribution >= 4 is 23.0 Å². The van der Waals surface area contributed by atoms with Gasteiger partial charge in [0.05, 0.1) is 10.5 Å². The number of halogens is 3. The van der Waals surface area contributed by atoms with Crippen molar-refractivity contribution < 1.29 is 22.9 Å². The number of nitrogens with zero attached hydrogens (tertiary/aromatic N) is 3. The monoisotopic (exact) mass is 437 g/mol. The van der Waals surface area contributed by atoms with Crippen LogP contribution in [-0.2, 0) is 12.7 Å². The van der Waals surface area contributed by atoms with E-state index in [0.29, 0.717) is 37.4 Å². The smallest absolute Gasteiger partial charge is 0.398 e. The van der Waals surface area contributed by atoms with Crippen LogP contribution in [0.3, 0.4) is 0 Å². The Morgan fingerprint density at radius 3 is 2.42 bits per heavy atom. The van der Waals surface area contributed by atoms with Crippen LogP contribution in [0.15, 0.2) is 36.4 Å². The van der Waals surface area contributed by atoms with E-state index in [1.165, 1.54) is 18.2 Å². The van der Waals surface area contributed by atoms with Crippen LogP contribution in [0.2, 0.25) is 0 Å². The maximum Gasteiger partial charge on any atom is 0.416 e. The van der Waals surface area contributed by atoms with Crippen molar-refractivity contribution in [1.82, 2.24) is 10.2 Å². The number of rotatable bonds is 5. The maximum atomic E-state index is 13.4. The first-order valence-corrected chi connectivity index (χ1v) is 9.51. The fourth-order valence-electron chi connectivity index (χ4n) is 3.29. The molecule has 166 valence electrons. The first kappa shape index (κ1) is 22.3. The van der Waals surface area contributed by atoms with Gasteiger partial charge in [-0.3, -0.25) is 14.9 Å². The van der Waals surface area contributed by atoms with Gasteiger partial charge in [-0.1, -0.05) is 0 Å². The van der Waals surface area contributed by atoms with Crippen LogP contribution in [0.1, 0.15) is 21.5 Å². The number of amides is 1. The number of alkyl halides is 3. The number of hydrogen-bond acceptors (Lipinski definition) is 6. The molecule has 0 saturated carbocycles. The SMILES string of the molecule is CN1CCN(c2cc(C(=O)NCc3ccc([N+](=O)[O-])cc3N)cc(C(F)(F)F)c2)CC1. The minimum atomic E-state index is -4.60. The molecule has 1 amide bonds. The summed E-state index contributed by atoms with van der Waals surface area (Å²) in [5.41, 5.74) is 5.44.